The summed E-state index contributed by atoms with van der Waals surface area (Å²) in [5.74, 6) is -0.578. The standard InChI is InChI=1S/C17H25NO3.Li/c1-14(19)9-5-3-8-12-16(17(20)21)18(2)13-15-10-6-4-7-11-15;/h4,6-7,10-11,16H,3,5,8-9,12-13H2,1-2H3,(H,20,21);/t16-;/m0./s1. The second kappa shape index (κ2) is 11.5. The first-order chi connectivity index (χ1) is 10.0. The van der Waals surface area contributed by atoms with E-state index in [1.165, 1.54) is 0 Å². The maximum Gasteiger partial charge on any atom is 0.320 e. The predicted octanol–water partition coefficient (Wildman–Crippen LogP) is 2.73. The molecule has 1 N–H and O–H groups in total. The zero-order chi connectivity index (χ0) is 15.7. The third-order valence-corrected chi connectivity index (χ3v) is 3.60. The van der Waals surface area contributed by atoms with E-state index in [-0.39, 0.29) is 24.6 Å². The van der Waals surface area contributed by atoms with Crippen LogP contribution in [0.25, 0.3) is 0 Å². The molecule has 0 saturated carbocycles. The molecule has 1 radical (unpaired) electrons. The number of carbonyl (C=O) groups excluding carboxylic acids is 1. The van der Waals surface area contributed by atoms with Gasteiger partial charge in [-0.15, -0.1) is 0 Å². The van der Waals surface area contributed by atoms with E-state index in [1.807, 2.05) is 42.3 Å². The SMILES string of the molecule is CC(=O)CCCCC[C@@H](C(=O)O)N(C)Cc1ccccc1.[Li]. The van der Waals surface area contributed by atoms with Crippen LogP contribution in [0.15, 0.2) is 30.3 Å². The summed E-state index contributed by atoms with van der Waals surface area (Å²) in [4.78, 5) is 24.1. The van der Waals surface area contributed by atoms with Gasteiger partial charge in [0.25, 0.3) is 0 Å². The molecular weight excluding hydrogens is 273 g/mol. The Morgan fingerprint density at radius 2 is 1.77 bits per heavy atom. The van der Waals surface area contributed by atoms with E-state index >= 15 is 0 Å². The van der Waals surface area contributed by atoms with Crippen LogP contribution in [0, 0.1) is 0 Å². The van der Waals surface area contributed by atoms with E-state index < -0.39 is 12.0 Å². The van der Waals surface area contributed by atoms with Crippen molar-refractivity contribution in [3.8, 4) is 0 Å². The third kappa shape index (κ3) is 8.38. The van der Waals surface area contributed by atoms with Gasteiger partial charge in [-0.1, -0.05) is 43.2 Å². The van der Waals surface area contributed by atoms with Gasteiger partial charge < -0.3 is 9.90 Å². The molecule has 0 bridgehead atoms. The summed E-state index contributed by atoms with van der Waals surface area (Å²) in [5.41, 5.74) is 1.11. The average Bonchev–Trinajstić information content (AvgIpc) is 2.42. The summed E-state index contributed by atoms with van der Waals surface area (Å²) < 4.78 is 0. The fraction of sp³-hybridized carbons (Fsp3) is 0.529. The summed E-state index contributed by atoms with van der Waals surface area (Å²) in [5, 5.41) is 9.37. The molecule has 0 fully saturated rings. The van der Waals surface area contributed by atoms with Crippen molar-refractivity contribution in [2.24, 2.45) is 0 Å². The Morgan fingerprint density at radius 1 is 1.14 bits per heavy atom. The largest absolute Gasteiger partial charge is 0.480 e. The Balaban J connectivity index is 0.00000441. The molecule has 1 aromatic rings. The van der Waals surface area contributed by atoms with E-state index in [2.05, 4.69) is 0 Å². The van der Waals surface area contributed by atoms with Crippen molar-refractivity contribution < 1.29 is 14.7 Å². The molecule has 0 aromatic heterocycles. The number of hydrogen-bond donors (Lipinski definition) is 1. The number of likely N-dealkylation sites (N-methyl/N-ethyl adjacent to an activating group) is 1. The van der Waals surface area contributed by atoms with E-state index in [0.717, 1.165) is 24.8 Å². The van der Waals surface area contributed by atoms with Gasteiger partial charge in [0.05, 0.1) is 0 Å². The van der Waals surface area contributed by atoms with Crippen LogP contribution in [-0.4, -0.2) is 53.7 Å². The Kier molecular flexibility index (Phi) is 10.9. The zero-order valence-corrected chi connectivity index (χ0v) is 13.9. The number of hydrogen-bond acceptors (Lipinski definition) is 3. The molecule has 0 spiro atoms. The maximum atomic E-state index is 11.4. The number of Topliss-reactive ketones (excluding diaryl/α,β-unsaturated/α-hetero) is 1. The number of carbonyl (C=O) groups is 2. The molecule has 117 valence electrons. The van der Waals surface area contributed by atoms with Crippen molar-refractivity contribution in [2.45, 2.75) is 51.6 Å². The van der Waals surface area contributed by atoms with E-state index in [4.69, 9.17) is 0 Å². The van der Waals surface area contributed by atoms with Crippen molar-refractivity contribution in [3.05, 3.63) is 35.9 Å². The molecule has 0 aliphatic heterocycles. The number of carboxylic acid groups (broad SMARTS) is 1. The summed E-state index contributed by atoms with van der Waals surface area (Å²) in [6.45, 7) is 2.22. The molecule has 0 saturated heterocycles. The zero-order valence-electron chi connectivity index (χ0n) is 13.9. The minimum atomic E-state index is -0.778. The molecule has 4 nitrogen and oxygen atoms in total. The van der Waals surface area contributed by atoms with Crippen LogP contribution < -0.4 is 0 Å². The van der Waals surface area contributed by atoms with Crippen molar-refractivity contribution >= 4 is 30.6 Å². The number of benzene rings is 1. The number of aliphatic carboxylic acids is 1. The monoisotopic (exact) mass is 298 g/mol. The Labute approximate surface area is 145 Å². The molecule has 5 heteroatoms. The second-order valence-corrected chi connectivity index (χ2v) is 5.56. The van der Waals surface area contributed by atoms with Crippen LogP contribution in [0.2, 0.25) is 0 Å². The minimum Gasteiger partial charge on any atom is -0.480 e. The van der Waals surface area contributed by atoms with Gasteiger partial charge in [0, 0.05) is 31.8 Å². The molecule has 0 aliphatic carbocycles. The van der Waals surface area contributed by atoms with Gasteiger partial charge in [-0.05, 0) is 32.4 Å². The van der Waals surface area contributed by atoms with Crippen molar-refractivity contribution in [2.75, 3.05) is 7.05 Å². The van der Waals surface area contributed by atoms with Gasteiger partial charge in [0.1, 0.15) is 11.8 Å². The van der Waals surface area contributed by atoms with Crippen LogP contribution in [0.4, 0.5) is 0 Å². The molecule has 1 atom stereocenters. The molecule has 0 amide bonds. The van der Waals surface area contributed by atoms with Crippen LogP contribution in [0.3, 0.4) is 0 Å². The Bertz CT molecular complexity index is 450. The molecule has 0 heterocycles. The molecular formula is C17H25LiNO3. The molecule has 0 unspecified atom stereocenters. The quantitative estimate of drug-likeness (QED) is 0.533. The molecule has 1 rings (SSSR count). The minimum absolute atomic E-state index is 0. The maximum absolute atomic E-state index is 11.4. The Morgan fingerprint density at radius 3 is 2.32 bits per heavy atom. The predicted molar refractivity (Wildman–Crippen MR) is 88.9 cm³/mol. The van der Waals surface area contributed by atoms with Crippen molar-refractivity contribution in [1.29, 1.82) is 0 Å². The first-order valence-corrected chi connectivity index (χ1v) is 7.47. The molecule has 0 aliphatic rings. The van der Waals surface area contributed by atoms with Crippen molar-refractivity contribution in [1.82, 2.24) is 4.90 Å². The fourth-order valence-electron chi connectivity index (χ4n) is 2.40. The van der Waals surface area contributed by atoms with Crippen LogP contribution >= 0.6 is 0 Å². The fourth-order valence-corrected chi connectivity index (χ4v) is 2.40. The third-order valence-electron chi connectivity index (χ3n) is 3.60. The smallest absolute Gasteiger partial charge is 0.320 e. The summed E-state index contributed by atoms with van der Waals surface area (Å²) >= 11 is 0. The van der Waals surface area contributed by atoms with Crippen molar-refractivity contribution in [3.63, 3.8) is 0 Å². The van der Waals surface area contributed by atoms with E-state index in [9.17, 15) is 14.7 Å². The number of rotatable bonds is 10. The van der Waals surface area contributed by atoms with Gasteiger partial charge in [-0.3, -0.25) is 9.69 Å². The summed E-state index contributed by atoms with van der Waals surface area (Å²) in [6, 6.07) is 9.40. The van der Waals surface area contributed by atoms with Crippen LogP contribution in [0.5, 0.6) is 0 Å². The number of carboxylic acids is 1. The number of unbranched alkanes of at least 4 members (excludes halogenated alkanes) is 2. The van der Waals surface area contributed by atoms with E-state index in [0.29, 0.717) is 19.4 Å². The first kappa shape index (κ1) is 20.9. The van der Waals surface area contributed by atoms with Gasteiger partial charge in [0.15, 0.2) is 0 Å². The van der Waals surface area contributed by atoms with Gasteiger partial charge in [-0.2, -0.15) is 0 Å². The number of nitrogens with zero attached hydrogens (tertiary/aromatic N) is 1. The molecule has 22 heavy (non-hydrogen) atoms. The van der Waals surface area contributed by atoms with Gasteiger partial charge in [0.2, 0.25) is 0 Å². The Hall–Kier alpha value is -1.08. The second-order valence-electron chi connectivity index (χ2n) is 5.56. The van der Waals surface area contributed by atoms with Gasteiger partial charge in [-0.25, -0.2) is 0 Å². The first-order valence-electron chi connectivity index (χ1n) is 7.47. The molecule has 1 aromatic carbocycles. The van der Waals surface area contributed by atoms with E-state index in [1.54, 1.807) is 6.92 Å². The van der Waals surface area contributed by atoms with Gasteiger partial charge >= 0.3 is 5.97 Å². The normalized spacial score (nSPS) is 11.8. The number of ketones is 1. The average molecular weight is 298 g/mol. The summed E-state index contributed by atoms with van der Waals surface area (Å²) in [6.07, 6.45) is 3.81. The topological polar surface area (TPSA) is 57.6 Å². The van der Waals surface area contributed by atoms with Crippen LogP contribution in [-0.2, 0) is 16.1 Å². The summed E-state index contributed by atoms with van der Waals surface area (Å²) in [7, 11) is 1.85. The van der Waals surface area contributed by atoms with Crippen LogP contribution in [0.1, 0.15) is 44.6 Å².